The first-order valence-corrected chi connectivity index (χ1v) is 11.2. The topological polar surface area (TPSA) is 114 Å². The van der Waals surface area contributed by atoms with Gasteiger partial charge in [-0.05, 0) is 49.3 Å². The highest BCUT2D eigenvalue weighted by Crippen LogP contribution is 2.62. The number of hydrogen-bond acceptors (Lipinski definition) is 6. The maximum atomic E-state index is 12.7. The summed E-state index contributed by atoms with van der Waals surface area (Å²) in [5, 5.41) is 15.7. The number of aromatic amines is 1. The van der Waals surface area contributed by atoms with E-state index in [0.717, 1.165) is 42.3 Å². The minimum absolute atomic E-state index is 0.0603. The number of carbonyl (C=O) groups is 1. The van der Waals surface area contributed by atoms with E-state index in [9.17, 15) is 9.59 Å². The molecule has 0 bridgehead atoms. The zero-order valence-electron chi connectivity index (χ0n) is 18.2. The Balaban J connectivity index is 1.06. The van der Waals surface area contributed by atoms with Crippen molar-refractivity contribution in [3.05, 3.63) is 76.0 Å². The van der Waals surface area contributed by atoms with E-state index in [1.54, 1.807) is 19.1 Å². The normalized spacial score (nSPS) is 23.8. The Morgan fingerprint density at radius 3 is 2.48 bits per heavy atom. The van der Waals surface area contributed by atoms with Crippen LogP contribution in [0.25, 0.3) is 22.2 Å². The number of fused-ring (bicyclic) bond motifs is 1. The molecule has 6 rings (SSSR count). The van der Waals surface area contributed by atoms with Gasteiger partial charge in [0.05, 0.1) is 11.1 Å². The Bertz CT molecular complexity index is 1410. The first kappa shape index (κ1) is 19.8. The standard InChI is InChI=1S/C25H23N5O3/c1-14-26-22(30-33-14)15-6-8-16(9-7-15)23(31)27-18-12-25(13-18)10-17(11-25)21-19-4-2-3-5-20(19)24(32)29-28-21/h2-9,17-18H,10-13H2,1H3,(H,27,31)(H,29,32). The zero-order valence-corrected chi connectivity index (χ0v) is 18.2. The van der Waals surface area contributed by atoms with Gasteiger partial charge in [0.2, 0.25) is 11.7 Å². The Morgan fingerprint density at radius 1 is 1.06 bits per heavy atom. The highest BCUT2D eigenvalue weighted by atomic mass is 16.5. The molecule has 0 radical (unpaired) electrons. The summed E-state index contributed by atoms with van der Waals surface area (Å²) in [6.07, 6.45) is 4.05. The number of hydrogen-bond donors (Lipinski definition) is 2. The van der Waals surface area contributed by atoms with Crippen LogP contribution in [0.2, 0.25) is 0 Å². The van der Waals surface area contributed by atoms with Crippen LogP contribution in [0.5, 0.6) is 0 Å². The van der Waals surface area contributed by atoms with E-state index < -0.39 is 0 Å². The second-order valence-corrected chi connectivity index (χ2v) is 9.38. The van der Waals surface area contributed by atoms with Crippen molar-refractivity contribution in [2.45, 2.75) is 44.6 Å². The lowest BCUT2D eigenvalue weighted by molar-refractivity contribution is -0.0196. The molecule has 4 aromatic rings. The van der Waals surface area contributed by atoms with Crippen LogP contribution in [-0.4, -0.2) is 32.3 Å². The molecule has 0 atom stereocenters. The highest BCUT2D eigenvalue weighted by molar-refractivity contribution is 5.94. The van der Waals surface area contributed by atoms with Crippen LogP contribution in [0.3, 0.4) is 0 Å². The summed E-state index contributed by atoms with van der Waals surface area (Å²) in [7, 11) is 0. The van der Waals surface area contributed by atoms with Crippen molar-refractivity contribution >= 4 is 16.7 Å². The molecule has 0 aliphatic heterocycles. The van der Waals surface area contributed by atoms with Crippen molar-refractivity contribution in [1.29, 1.82) is 0 Å². The van der Waals surface area contributed by atoms with E-state index in [-0.39, 0.29) is 22.9 Å². The number of nitrogens with one attached hydrogen (secondary N) is 2. The van der Waals surface area contributed by atoms with Crippen molar-refractivity contribution in [3.63, 3.8) is 0 Å². The fourth-order valence-corrected chi connectivity index (χ4v) is 5.50. The van der Waals surface area contributed by atoms with E-state index in [4.69, 9.17) is 4.52 Å². The molecule has 8 heteroatoms. The summed E-state index contributed by atoms with van der Waals surface area (Å²) in [6.45, 7) is 1.74. The first-order chi connectivity index (χ1) is 16.0. The number of aryl methyl sites for hydroxylation is 1. The summed E-state index contributed by atoms with van der Waals surface area (Å²) in [6, 6.07) is 15.1. The number of benzene rings is 2. The Morgan fingerprint density at radius 2 is 1.79 bits per heavy atom. The molecule has 2 aliphatic rings. The van der Waals surface area contributed by atoms with E-state index in [1.807, 2.05) is 36.4 Å². The van der Waals surface area contributed by atoms with Crippen LogP contribution in [0.1, 0.15) is 53.5 Å². The SMILES string of the molecule is Cc1nc(-c2ccc(C(=O)NC3CC4(C3)CC(c3n[nH]c(=O)c5ccccc35)C4)cc2)no1. The van der Waals surface area contributed by atoms with Crippen LogP contribution in [0, 0.1) is 12.3 Å². The average molecular weight is 441 g/mol. The monoisotopic (exact) mass is 441 g/mol. The summed E-state index contributed by atoms with van der Waals surface area (Å²) < 4.78 is 5.01. The number of nitrogens with zero attached hydrogens (tertiary/aromatic N) is 3. The Kier molecular flexibility index (Phi) is 4.43. The minimum Gasteiger partial charge on any atom is -0.349 e. The molecule has 2 N–H and O–H groups in total. The average Bonchev–Trinajstić information content (AvgIpc) is 3.22. The van der Waals surface area contributed by atoms with Gasteiger partial charge in [0.1, 0.15) is 0 Å². The van der Waals surface area contributed by atoms with Crippen LogP contribution < -0.4 is 10.9 Å². The van der Waals surface area contributed by atoms with Gasteiger partial charge in [0.25, 0.3) is 11.5 Å². The van der Waals surface area contributed by atoms with Crippen molar-refractivity contribution in [1.82, 2.24) is 25.7 Å². The lowest BCUT2D eigenvalue weighted by Gasteiger charge is -2.57. The first-order valence-electron chi connectivity index (χ1n) is 11.2. The van der Waals surface area contributed by atoms with Crippen LogP contribution in [-0.2, 0) is 0 Å². The second kappa shape index (κ2) is 7.37. The molecule has 2 heterocycles. The van der Waals surface area contributed by atoms with Gasteiger partial charge in [-0.25, -0.2) is 5.10 Å². The largest absolute Gasteiger partial charge is 0.349 e. The predicted molar refractivity (Wildman–Crippen MR) is 122 cm³/mol. The molecule has 1 spiro atoms. The molecule has 2 aliphatic carbocycles. The van der Waals surface area contributed by atoms with Crippen LogP contribution >= 0.6 is 0 Å². The molecule has 2 saturated carbocycles. The van der Waals surface area contributed by atoms with Crippen molar-refractivity contribution < 1.29 is 9.32 Å². The third-order valence-electron chi connectivity index (χ3n) is 7.10. The molecule has 33 heavy (non-hydrogen) atoms. The van der Waals surface area contributed by atoms with Gasteiger partial charge < -0.3 is 9.84 Å². The summed E-state index contributed by atoms with van der Waals surface area (Å²) >= 11 is 0. The number of carbonyl (C=O) groups excluding carboxylic acids is 1. The molecule has 1 amide bonds. The minimum atomic E-state index is -0.143. The predicted octanol–water partition coefficient (Wildman–Crippen LogP) is 3.74. The molecule has 0 saturated heterocycles. The van der Waals surface area contributed by atoms with E-state index in [2.05, 4.69) is 25.7 Å². The number of rotatable bonds is 4. The second-order valence-electron chi connectivity index (χ2n) is 9.38. The number of H-pyrrole nitrogens is 1. The molecular formula is C25H23N5O3. The van der Waals surface area contributed by atoms with Gasteiger partial charge in [-0.15, -0.1) is 0 Å². The Hall–Kier alpha value is -3.81. The van der Waals surface area contributed by atoms with Gasteiger partial charge in [-0.2, -0.15) is 10.1 Å². The lowest BCUT2D eigenvalue weighted by atomic mass is 9.49. The van der Waals surface area contributed by atoms with Gasteiger partial charge >= 0.3 is 0 Å². The maximum absolute atomic E-state index is 12.7. The smallest absolute Gasteiger partial charge is 0.272 e. The fourth-order valence-electron chi connectivity index (χ4n) is 5.50. The highest BCUT2D eigenvalue weighted by Gasteiger charge is 2.54. The van der Waals surface area contributed by atoms with E-state index in [1.165, 1.54) is 0 Å². The Labute approximate surface area is 189 Å². The molecule has 166 valence electrons. The van der Waals surface area contributed by atoms with Crippen molar-refractivity contribution in [2.24, 2.45) is 5.41 Å². The number of amides is 1. The maximum Gasteiger partial charge on any atom is 0.272 e. The summed E-state index contributed by atoms with van der Waals surface area (Å²) in [5.41, 5.74) is 2.56. The van der Waals surface area contributed by atoms with Crippen molar-refractivity contribution in [2.75, 3.05) is 0 Å². The van der Waals surface area contributed by atoms with Crippen molar-refractivity contribution in [3.8, 4) is 11.4 Å². The quantitative estimate of drug-likeness (QED) is 0.499. The van der Waals surface area contributed by atoms with E-state index in [0.29, 0.717) is 28.6 Å². The van der Waals surface area contributed by atoms with Crippen LogP contribution in [0.4, 0.5) is 0 Å². The number of aromatic nitrogens is 4. The molecular weight excluding hydrogens is 418 g/mol. The summed E-state index contributed by atoms with van der Waals surface area (Å²) in [5.74, 6) is 1.32. The fraction of sp³-hybridized carbons (Fsp3) is 0.320. The van der Waals surface area contributed by atoms with Crippen LogP contribution in [0.15, 0.2) is 57.8 Å². The third-order valence-corrected chi connectivity index (χ3v) is 7.10. The van der Waals surface area contributed by atoms with E-state index >= 15 is 0 Å². The molecule has 2 aromatic heterocycles. The lowest BCUT2D eigenvalue weighted by Crippen LogP contribution is -2.55. The van der Waals surface area contributed by atoms with Gasteiger partial charge in [-0.1, -0.05) is 35.5 Å². The molecule has 2 fully saturated rings. The van der Waals surface area contributed by atoms with Gasteiger partial charge in [0.15, 0.2) is 0 Å². The zero-order chi connectivity index (χ0) is 22.6. The van der Waals surface area contributed by atoms with Gasteiger partial charge in [-0.3, -0.25) is 9.59 Å². The summed E-state index contributed by atoms with van der Waals surface area (Å²) in [4.78, 5) is 28.9. The molecule has 8 nitrogen and oxygen atoms in total. The van der Waals surface area contributed by atoms with Gasteiger partial charge in [0, 0.05) is 35.4 Å². The molecule has 2 aromatic carbocycles. The third kappa shape index (κ3) is 3.42. The molecule has 0 unspecified atom stereocenters.